The Labute approximate surface area is 109 Å². The highest BCUT2D eigenvalue weighted by Crippen LogP contribution is 2.18. The van der Waals surface area contributed by atoms with E-state index in [1.165, 1.54) is 17.3 Å². The van der Waals surface area contributed by atoms with Crippen LogP contribution in [0.5, 0.6) is 6.01 Å². The summed E-state index contributed by atoms with van der Waals surface area (Å²) in [5.74, 6) is 0.273. The quantitative estimate of drug-likeness (QED) is 0.839. The molecule has 0 aliphatic rings. The van der Waals surface area contributed by atoms with Crippen LogP contribution >= 0.6 is 11.6 Å². The highest BCUT2D eigenvalue weighted by atomic mass is 35.5. The van der Waals surface area contributed by atoms with Crippen molar-refractivity contribution >= 4 is 11.6 Å². The van der Waals surface area contributed by atoms with E-state index < -0.39 is 0 Å². The summed E-state index contributed by atoms with van der Waals surface area (Å²) in [6.07, 6.45) is 3.67. The minimum atomic E-state index is -0.371. The molecule has 0 aliphatic carbocycles. The van der Waals surface area contributed by atoms with Crippen LogP contribution < -0.4 is 4.74 Å². The summed E-state index contributed by atoms with van der Waals surface area (Å²) in [7, 11) is 0. The van der Waals surface area contributed by atoms with Crippen molar-refractivity contribution in [2.45, 2.75) is 32.8 Å². The number of ether oxygens (including phenoxy) is 1. The minimum absolute atomic E-state index is 0.0532. The third-order valence-electron chi connectivity index (χ3n) is 2.42. The Kier molecular flexibility index (Phi) is 3.42. The van der Waals surface area contributed by atoms with Gasteiger partial charge in [-0.1, -0.05) is 6.92 Å². The highest BCUT2D eigenvalue weighted by Gasteiger charge is 2.20. The Hall–Kier alpha value is -1.76. The van der Waals surface area contributed by atoms with Crippen LogP contribution in [-0.4, -0.2) is 35.3 Å². The normalized spacial score (nSPS) is 11.6. The van der Waals surface area contributed by atoms with E-state index in [0.29, 0.717) is 0 Å². The summed E-state index contributed by atoms with van der Waals surface area (Å²) >= 11 is 5.84. The second-order valence-electron chi connectivity index (χ2n) is 4.24. The van der Waals surface area contributed by atoms with Crippen LogP contribution in [0.25, 0.3) is 5.95 Å². The van der Waals surface area contributed by atoms with Crippen molar-refractivity contribution in [1.29, 1.82) is 0 Å². The van der Waals surface area contributed by atoms with E-state index in [0.717, 1.165) is 6.42 Å². The molecule has 0 spiro atoms. The zero-order valence-electron chi connectivity index (χ0n) is 10.3. The summed E-state index contributed by atoms with van der Waals surface area (Å²) in [6.45, 7) is 5.90. The Morgan fingerprint density at radius 1 is 1.33 bits per heavy atom. The van der Waals surface area contributed by atoms with E-state index >= 15 is 0 Å². The van der Waals surface area contributed by atoms with E-state index in [1.54, 1.807) is 0 Å². The Balaban J connectivity index is 2.33. The van der Waals surface area contributed by atoms with Crippen LogP contribution in [-0.2, 0) is 0 Å². The molecule has 0 amide bonds. The fourth-order valence-corrected chi connectivity index (χ4v) is 1.25. The van der Waals surface area contributed by atoms with Crippen molar-refractivity contribution in [1.82, 2.24) is 29.7 Å². The second kappa shape index (κ2) is 4.85. The van der Waals surface area contributed by atoms with Gasteiger partial charge in [0.15, 0.2) is 0 Å². The fourth-order valence-electron chi connectivity index (χ4n) is 1.10. The van der Waals surface area contributed by atoms with Gasteiger partial charge in [-0.05, 0) is 31.9 Å². The predicted molar refractivity (Wildman–Crippen MR) is 64.8 cm³/mol. The van der Waals surface area contributed by atoms with E-state index in [4.69, 9.17) is 16.3 Å². The van der Waals surface area contributed by atoms with Gasteiger partial charge < -0.3 is 4.74 Å². The molecule has 0 fully saturated rings. The number of hydrogen-bond acceptors (Lipinski definition) is 6. The average Bonchev–Trinajstić information content (AvgIpc) is 2.81. The van der Waals surface area contributed by atoms with E-state index in [-0.39, 0.29) is 22.8 Å². The first kappa shape index (κ1) is 12.7. The minimum Gasteiger partial charge on any atom is -0.457 e. The molecule has 18 heavy (non-hydrogen) atoms. The number of nitrogens with zero attached hydrogens (tertiary/aromatic N) is 6. The first-order chi connectivity index (χ1) is 8.50. The van der Waals surface area contributed by atoms with Gasteiger partial charge >= 0.3 is 6.01 Å². The molecule has 0 bridgehead atoms. The average molecular weight is 269 g/mol. The van der Waals surface area contributed by atoms with Crippen LogP contribution in [0.15, 0.2) is 12.7 Å². The van der Waals surface area contributed by atoms with Crippen molar-refractivity contribution < 1.29 is 4.74 Å². The maximum atomic E-state index is 5.84. The number of hydrogen-bond donors (Lipinski definition) is 0. The molecule has 0 saturated heterocycles. The molecule has 0 aliphatic heterocycles. The van der Waals surface area contributed by atoms with Gasteiger partial charge in [0.2, 0.25) is 5.28 Å². The Morgan fingerprint density at radius 3 is 2.72 bits per heavy atom. The van der Waals surface area contributed by atoms with Crippen molar-refractivity contribution in [3.63, 3.8) is 0 Å². The molecule has 2 aromatic rings. The molecule has 2 aromatic heterocycles. The van der Waals surface area contributed by atoms with Crippen LogP contribution in [0.3, 0.4) is 0 Å². The van der Waals surface area contributed by atoms with Crippen molar-refractivity contribution in [3.05, 3.63) is 17.9 Å². The summed E-state index contributed by atoms with van der Waals surface area (Å²) < 4.78 is 7.05. The van der Waals surface area contributed by atoms with Gasteiger partial charge in [0.25, 0.3) is 5.95 Å². The van der Waals surface area contributed by atoms with Gasteiger partial charge in [0.1, 0.15) is 18.3 Å². The predicted octanol–water partition coefficient (Wildman–Crippen LogP) is 1.67. The molecule has 0 radical (unpaired) electrons. The first-order valence-electron chi connectivity index (χ1n) is 5.46. The SMILES string of the molecule is CCC(C)(C)Oc1nc(Cl)nc(-n2cncn2)n1. The van der Waals surface area contributed by atoms with Crippen molar-refractivity contribution in [3.8, 4) is 12.0 Å². The lowest BCUT2D eigenvalue weighted by Crippen LogP contribution is -2.28. The molecular weight excluding hydrogens is 256 g/mol. The fraction of sp³-hybridized carbons (Fsp3) is 0.500. The summed E-state index contributed by atoms with van der Waals surface area (Å²) in [6, 6.07) is 0.173. The molecule has 2 heterocycles. The van der Waals surface area contributed by atoms with Crippen LogP contribution in [0.1, 0.15) is 27.2 Å². The maximum Gasteiger partial charge on any atom is 0.323 e. The monoisotopic (exact) mass is 268 g/mol. The molecule has 0 atom stereocenters. The zero-order chi connectivity index (χ0) is 13.2. The van der Waals surface area contributed by atoms with E-state index in [9.17, 15) is 0 Å². The molecule has 96 valence electrons. The molecule has 7 nitrogen and oxygen atoms in total. The summed E-state index contributed by atoms with van der Waals surface area (Å²) in [5.41, 5.74) is -0.371. The van der Waals surface area contributed by atoms with Gasteiger partial charge in [-0.3, -0.25) is 0 Å². The molecular formula is C10H13ClN6O. The van der Waals surface area contributed by atoms with Crippen LogP contribution in [0.2, 0.25) is 5.28 Å². The van der Waals surface area contributed by atoms with E-state index in [2.05, 4.69) is 25.0 Å². The third kappa shape index (κ3) is 2.92. The summed E-state index contributed by atoms with van der Waals surface area (Å²) in [5, 5.41) is 3.98. The molecule has 0 saturated carbocycles. The van der Waals surface area contributed by atoms with Crippen LogP contribution in [0, 0.1) is 0 Å². The smallest absolute Gasteiger partial charge is 0.323 e. The van der Waals surface area contributed by atoms with Crippen LogP contribution in [0.4, 0.5) is 0 Å². The molecule has 0 N–H and O–H groups in total. The van der Waals surface area contributed by atoms with Gasteiger partial charge in [-0.2, -0.15) is 24.7 Å². The van der Waals surface area contributed by atoms with Gasteiger partial charge in [0.05, 0.1) is 0 Å². The highest BCUT2D eigenvalue weighted by molar-refractivity contribution is 6.28. The molecule has 0 unspecified atom stereocenters. The molecule has 8 heteroatoms. The van der Waals surface area contributed by atoms with E-state index in [1.807, 2.05) is 20.8 Å². The van der Waals surface area contributed by atoms with Crippen molar-refractivity contribution in [2.75, 3.05) is 0 Å². The van der Waals surface area contributed by atoms with Gasteiger partial charge in [0, 0.05) is 0 Å². The Bertz CT molecular complexity index is 527. The lowest BCUT2D eigenvalue weighted by molar-refractivity contribution is 0.0920. The lowest BCUT2D eigenvalue weighted by atomic mass is 10.1. The standard InChI is InChI=1S/C10H13ClN6O/c1-4-10(2,3)18-9-15-7(11)14-8(16-9)17-6-12-5-13-17/h5-6H,4H2,1-3H3. The molecule has 0 aromatic carbocycles. The third-order valence-corrected chi connectivity index (χ3v) is 2.59. The second-order valence-corrected chi connectivity index (χ2v) is 4.58. The lowest BCUT2D eigenvalue weighted by Gasteiger charge is -2.23. The topological polar surface area (TPSA) is 78.6 Å². The number of halogens is 1. The number of rotatable bonds is 4. The maximum absolute atomic E-state index is 5.84. The number of aromatic nitrogens is 6. The zero-order valence-corrected chi connectivity index (χ0v) is 11.1. The largest absolute Gasteiger partial charge is 0.457 e. The summed E-state index contributed by atoms with van der Waals surface area (Å²) in [4.78, 5) is 15.8. The van der Waals surface area contributed by atoms with Gasteiger partial charge in [-0.15, -0.1) is 0 Å². The van der Waals surface area contributed by atoms with Gasteiger partial charge in [-0.25, -0.2) is 4.98 Å². The first-order valence-corrected chi connectivity index (χ1v) is 5.83. The molecule has 2 rings (SSSR count). The Morgan fingerprint density at radius 2 is 2.11 bits per heavy atom. The van der Waals surface area contributed by atoms with Crippen molar-refractivity contribution in [2.24, 2.45) is 0 Å².